The predicted molar refractivity (Wildman–Crippen MR) is 102 cm³/mol. The highest BCUT2D eigenvalue weighted by Crippen LogP contribution is 2.10. The lowest BCUT2D eigenvalue weighted by molar-refractivity contribution is -0.122. The lowest BCUT2D eigenvalue weighted by Crippen LogP contribution is -2.47. The predicted octanol–water partition coefficient (Wildman–Crippen LogP) is 1.36. The third kappa shape index (κ3) is 8.34. The van der Waals surface area contributed by atoms with Crippen molar-refractivity contribution >= 4 is 40.1 Å². The van der Waals surface area contributed by atoms with E-state index in [0.717, 1.165) is 12.8 Å². The van der Waals surface area contributed by atoms with Crippen molar-refractivity contribution in [2.75, 3.05) is 25.1 Å². The third-order valence-corrected chi connectivity index (χ3v) is 5.34. The fraction of sp³-hybridized carbons (Fsp3) is 0.533. The van der Waals surface area contributed by atoms with E-state index in [9.17, 15) is 13.2 Å². The van der Waals surface area contributed by atoms with E-state index >= 15 is 0 Å². The number of hydrogen-bond acceptors (Lipinski definition) is 5. The van der Waals surface area contributed by atoms with Gasteiger partial charge in [0.15, 0.2) is 0 Å². The normalized spacial score (nSPS) is 12.2. The molecule has 0 saturated heterocycles. The highest BCUT2D eigenvalue weighted by molar-refractivity contribution is 7.98. The van der Waals surface area contributed by atoms with Crippen molar-refractivity contribution in [3.63, 3.8) is 0 Å². The Morgan fingerprint density at radius 2 is 1.92 bits per heavy atom. The van der Waals surface area contributed by atoms with Crippen molar-refractivity contribution in [3.05, 3.63) is 30.3 Å². The molecule has 4 N–H and O–H groups in total. The van der Waals surface area contributed by atoms with Crippen LogP contribution in [-0.2, 0) is 14.8 Å². The van der Waals surface area contributed by atoms with Crippen molar-refractivity contribution < 1.29 is 13.2 Å². The van der Waals surface area contributed by atoms with Gasteiger partial charge in [0, 0.05) is 6.54 Å². The van der Waals surface area contributed by atoms with Gasteiger partial charge in [0.25, 0.3) is 0 Å². The zero-order valence-electron chi connectivity index (χ0n) is 13.7. The number of halogens is 1. The minimum absolute atomic E-state index is 0. The van der Waals surface area contributed by atoms with E-state index in [0.29, 0.717) is 25.3 Å². The van der Waals surface area contributed by atoms with Crippen molar-refractivity contribution in [1.82, 2.24) is 10.0 Å². The van der Waals surface area contributed by atoms with Crippen LogP contribution in [0.25, 0.3) is 0 Å². The monoisotopic (exact) mass is 395 g/mol. The molecule has 0 aliphatic rings. The molecule has 0 fully saturated rings. The fourth-order valence-electron chi connectivity index (χ4n) is 1.94. The Labute approximate surface area is 154 Å². The van der Waals surface area contributed by atoms with Crippen LogP contribution in [0, 0.1) is 0 Å². The molecule has 0 aromatic heterocycles. The minimum Gasteiger partial charge on any atom is -0.355 e. The van der Waals surface area contributed by atoms with Gasteiger partial charge in [0.05, 0.1) is 4.90 Å². The molecule has 6 nitrogen and oxygen atoms in total. The summed E-state index contributed by atoms with van der Waals surface area (Å²) >= 11 is 1.57. The summed E-state index contributed by atoms with van der Waals surface area (Å²) in [5.74, 6) is 0.397. The highest BCUT2D eigenvalue weighted by atomic mass is 35.5. The first-order valence-electron chi connectivity index (χ1n) is 7.55. The zero-order valence-corrected chi connectivity index (χ0v) is 16.2. The van der Waals surface area contributed by atoms with Gasteiger partial charge < -0.3 is 11.1 Å². The Hall–Kier alpha value is -0.800. The van der Waals surface area contributed by atoms with Crippen LogP contribution in [0.2, 0.25) is 0 Å². The molecule has 1 aromatic carbocycles. The number of sulfonamides is 1. The molecule has 1 atom stereocenters. The molecule has 138 valence electrons. The Morgan fingerprint density at radius 1 is 1.25 bits per heavy atom. The number of nitrogens with two attached hydrogens (primary N) is 1. The molecule has 1 amide bonds. The van der Waals surface area contributed by atoms with Crippen molar-refractivity contribution in [1.29, 1.82) is 0 Å². The number of thioether (sulfide) groups is 1. The molecule has 0 heterocycles. The maximum absolute atomic E-state index is 12.4. The molecule has 0 aliphatic carbocycles. The Bertz CT molecular complexity index is 571. The van der Waals surface area contributed by atoms with Crippen LogP contribution in [0.1, 0.15) is 19.3 Å². The average molecular weight is 396 g/mol. The second kappa shape index (κ2) is 12.5. The summed E-state index contributed by atoms with van der Waals surface area (Å²) in [4.78, 5) is 12.4. The van der Waals surface area contributed by atoms with Gasteiger partial charge in [-0.05, 0) is 49.9 Å². The van der Waals surface area contributed by atoms with Crippen LogP contribution in [0.15, 0.2) is 35.2 Å². The van der Waals surface area contributed by atoms with Gasteiger partial charge in [-0.3, -0.25) is 4.79 Å². The summed E-state index contributed by atoms with van der Waals surface area (Å²) < 4.78 is 27.3. The Kier molecular flexibility index (Phi) is 12.1. The first-order valence-corrected chi connectivity index (χ1v) is 10.4. The first kappa shape index (κ1) is 23.2. The van der Waals surface area contributed by atoms with E-state index in [2.05, 4.69) is 10.0 Å². The van der Waals surface area contributed by atoms with Crippen LogP contribution in [0.3, 0.4) is 0 Å². The van der Waals surface area contributed by atoms with Crippen LogP contribution in [-0.4, -0.2) is 45.5 Å². The molecule has 1 rings (SSSR count). The second-order valence-corrected chi connectivity index (χ2v) is 7.75. The molecule has 0 radical (unpaired) electrons. The maximum Gasteiger partial charge on any atom is 0.241 e. The first-order chi connectivity index (χ1) is 11.0. The standard InChI is InChI=1S/C15H25N3O3S2.ClH/c1-22-12-9-14(15(19)17-11-6-5-10-16)18-23(20,21)13-7-3-2-4-8-13;/h2-4,7-8,14,18H,5-6,9-12,16H2,1H3,(H,17,19);1H. The summed E-state index contributed by atoms with van der Waals surface area (Å²) in [5.41, 5.74) is 5.41. The highest BCUT2D eigenvalue weighted by Gasteiger charge is 2.24. The summed E-state index contributed by atoms with van der Waals surface area (Å²) in [6.07, 6.45) is 3.96. The molecule has 0 saturated carbocycles. The summed E-state index contributed by atoms with van der Waals surface area (Å²) in [6, 6.07) is 7.29. The fourth-order valence-corrected chi connectivity index (χ4v) is 3.66. The number of carbonyl (C=O) groups excluding carboxylic acids is 1. The summed E-state index contributed by atoms with van der Waals surface area (Å²) in [5, 5.41) is 2.77. The van der Waals surface area contributed by atoms with Gasteiger partial charge in [0.2, 0.25) is 15.9 Å². The lowest BCUT2D eigenvalue weighted by atomic mass is 10.2. The number of carbonyl (C=O) groups is 1. The summed E-state index contributed by atoms with van der Waals surface area (Å²) in [6.45, 7) is 1.07. The number of unbranched alkanes of at least 4 members (excludes halogenated alkanes) is 1. The Morgan fingerprint density at radius 3 is 2.50 bits per heavy atom. The van der Waals surface area contributed by atoms with Gasteiger partial charge in [-0.1, -0.05) is 18.2 Å². The molecular formula is C15H26ClN3O3S2. The van der Waals surface area contributed by atoms with Crippen LogP contribution in [0.4, 0.5) is 0 Å². The second-order valence-electron chi connectivity index (χ2n) is 5.06. The largest absolute Gasteiger partial charge is 0.355 e. The van der Waals surface area contributed by atoms with E-state index in [1.54, 1.807) is 30.0 Å². The van der Waals surface area contributed by atoms with Crippen molar-refractivity contribution in [2.24, 2.45) is 5.73 Å². The molecule has 24 heavy (non-hydrogen) atoms. The van der Waals surface area contributed by atoms with E-state index in [1.807, 2.05) is 6.26 Å². The van der Waals surface area contributed by atoms with Gasteiger partial charge in [-0.2, -0.15) is 16.5 Å². The van der Waals surface area contributed by atoms with Gasteiger partial charge in [0.1, 0.15) is 6.04 Å². The molecule has 0 bridgehead atoms. The molecule has 9 heteroatoms. The number of amides is 1. The van der Waals surface area contributed by atoms with E-state index < -0.39 is 16.1 Å². The zero-order chi connectivity index (χ0) is 17.1. The third-order valence-electron chi connectivity index (χ3n) is 3.21. The van der Waals surface area contributed by atoms with Crippen LogP contribution >= 0.6 is 24.2 Å². The SMILES string of the molecule is CSCCC(NS(=O)(=O)c1ccccc1)C(=O)NCCCCN.Cl. The number of benzene rings is 1. The number of hydrogen-bond donors (Lipinski definition) is 3. The quantitative estimate of drug-likeness (QED) is 0.491. The van der Waals surface area contributed by atoms with Gasteiger partial charge in [-0.25, -0.2) is 8.42 Å². The summed E-state index contributed by atoms with van der Waals surface area (Å²) in [7, 11) is -3.71. The molecular weight excluding hydrogens is 370 g/mol. The molecule has 1 aromatic rings. The lowest BCUT2D eigenvalue weighted by Gasteiger charge is -2.18. The molecule has 0 spiro atoms. The minimum atomic E-state index is -3.71. The molecule has 0 aliphatic heterocycles. The molecule has 1 unspecified atom stereocenters. The van der Waals surface area contributed by atoms with Gasteiger partial charge >= 0.3 is 0 Å². The topological polar surface area (TPSA) is 101 Å². The maximum atomic E-state index is 12.4. The van der Waals surface area contributed by atoms with Gasteiger partial charge in [-0.15, -0.1) is 12.4 Å². The van der Waals surface area contributed by atoms with E-state index in [-0.39, 0.29) is 23.2 Å². The smallest absolute Gasteiger partial charge is 0.241 e. The number of nitrogens with one attached hydrogen (secondary N) is 2. The number of rotatable bonds is 11. The van der Waals surface area contributed by atoms with Crippen molar-refractivity contribution in [3.8, 4) is 0 Å². The average Bonchev–Trinajstić information content (AvgIpc) is 2.56. The van der Waals surface area contributed by atoms with E-state index in [4.69, 9.17) is 5.73 Å². The van der Waals surface area contributed by atoms with Crippen LogP contribution in [0.5, 0.6) is 0 Å². The van der Waals surface area contributed by atoms with Crippen LogP contribution < -0.4 is 15.8 Å². The Balaban J connectivity index is 0.00000529. The van der Waals surface area contributed by atoms with Crippen molar-refractivity contribution in [2.45, 2.75) is 30.2 Å². The van der Waals surface area contributed by atoms with E-state index in [1.165, 1.54) is 12.1 Å².